The highest BCUT2D eigenvalue weighted by molar-refractivity contribution is 6.30. The second-order valence-corrected chi connectivity index (χ2v) is 3.99. The van der Waals surface area contributed by atoms with Crippen LogP contribution in [0.5, 0.6) is 0 Å². The summed E-state index contributed by atoms with van der Waals surface area (Å²) in [5.41, 5.74) is 1.13. The standard InChI is InChI=1S/C12H15ClO/c1-3-12(14)9(2)7-10-5-4-6-11(13)8-10/h4-6,8-9H,3,7H2,1-2H3. The van der Waals surface area contributed by atoms with Crippen LogP contribution in [0.25, 0.3) is 0 Å². The van der Waals surface area contributed by atoms with Crippen LogP contribution in [0.2, 0.25) is 5.02 Å². The third-order valence-electron chi connectivity index (χ3n) is 2.33. The molecule has 76 valence electrons. The number of halogens is 1. The molecule has 0 radical (unpaired) electrons. The van der Waals surface area contributed by atoms with Gasteiger partial charge in [0.15, 0.2) is 0 Å². The third-order valence-corrected chi connectivity index (χ3v) is 2.56. The molecule has 1 nitrogen and oxygen atoms in total. The van der Waals surface area contributed by atoms with Crippen LogP contribution in [0.15, 0.2) is 24.3 Å². The molecular weight excluding hydrogens is 196 g/mol. The van der Waals surface area contributed by atoms with E-state index >= 15 is 0 Å². The quantitative estimate of drug-likeness (QED) is 0.744. The van der Waals surface area contributed by atoms with E-state index in [1.165, 1.54) is 0 Å². The highest BCUT2D eigenvalue weighted by atomic mass is 35.5. The Kier molecular flexibility index (Phi) is 4.15. The number of Topliss-reactive ketones (excluding diaryl/α,β-unsaturated/α-hetero) is 1. The first-order valence-electron chi connectivity index (χ1n) is 4.90. The highest BCUT2D eigenvalue weighted by Crippen LogP contribution is 2.15. The second kappa shape index (κ2) is 5.16. The maximum absolute atomic E-state index is 11.4. The first-order chi connectivity index (χ1) is 6.63. The van der Waals surface area contributed by atoms with E-state index in [9.17, 15) is 4.79 Å². The Balaban J connectivity index is 2.64. The lowest BCUT2D eigenvalue weighted by atomic mass is 9.96. The molecule has 1 aromatic rings. The van der Waals surface area contributed by atoms with Crippen molar-refractivity contribution in [3.8, 4) is 0 Å². The van der Waals surface area contributed by atoms with Gasteiger partial charge < -0.3 is 0 Å². The molecular formula is C12H15ClO. The van der Waals surface area contributed by atoms with Crippen LogP contribution in [0.3, 0.4) is 0 Å². The molecule has 0 N–H and O–H groups in total. The van der Waals surface area contributed by atoms with Crippen LogP contribution in [0.1, 0.15) is 25.8 Å². The van der Waals surface area contributed by atoms with E-state index in [4.69, 9.17) is 11.6 Å². The van der Waals surface area contributed by atoms with Crippen molar-refractivity contribution in [3.63, 3.8) is 0 Å². The van der Waals surface area contributed by atoms with Gasteiger partial charge in [0, 0.05) is 17.4 Å². The fourth-order valence-corrected chi connectivity index (χ4v) is 1.69. The summed E-state index contributed by atoms with van der Waals surface area (Å²) in [6.45, 7) is 3.86. The summed E-state index contributed by atoms with van der Waals surface area (Å²) in [5, 5.41) is 0.735. The van der Waals surface area contributed by atoms with Crippen LogP contribution in [-0.2, 0) is 11.2 Å². The average molecular weight is 211 g/mol. The van der Waals surface area contributed by atoms with E-state index in [-0.39, 0.29) is 5.92 Å². The van der Waals surface area contributed by atoms with Gasteiger partial charge in [0.2, 0.25) is 0 Å². The first-order valence-corrected chi connectivity index (χ1v) is 5.28. The number of hydrogen-bond donors (Lipinski definition) is 0. The maximum Gasteiger partial charge on any atom is 0.135 e. The molecule has 0 spiro atoms. The molecule has 0 saturated heterocycles. The Labute approximate surface area is 90.1 Å². The minimum Gasteiger partial charge on any atom is -0.299 e. The summed E-state index contributed by atoms with van der Waals surface area (Å²) in [7, 11) is 0. The van der Waals surface area contributed by atoms with E-state index in [1.807, 2.05) is 38.1 Å². The molecule has 1 unspecified atom stereocenters. The Morgan fingerprint density at radius 2 is 2.21 bits per heavy atom. The zero-order chi connectivity index (χ0) is 10.6. The molecule has 0 aliphatic rings. The minimum absolute atomic E-state index is 0.0958. The van der Waals surface area contributed by atoms with Crippen molar-refractivity contribution in [2.45, 2.75) is 26.7 Å². The van der Waals surface area contributed by atoms with Crippen molar-refractivity contribution in [2.24, 2.45) is 5.92 Å². The zero-order valence-electron chi connectivity index (χ0n) is 8.59. The molecule has 0 aliphatic carbocycles. The van der Waals surface area contributed by atoms with Gasteiger partial charge in [-0.25, -0.2) is 0 Å². The normalized spacial score (nSPS) is 12.5. The summed E-state index contributed by atoms with van der Waals surface area (Å²) < 4.78 is 0. The number of rotatable bonds is 4. The van der Waals surface area contributed by atoms with Crippen LogP contribution in [0.4, 0.5) is 0 Å². The summed E-state index contributed by atoms with van der Waals surface area (Å²) in [6, 6.07) is 7.69. The number of carbonyl (C=O) groups excluding carboxylic acids is 1. The summed E-state index contributed by atoms with van der Waals surface area (Å²) in [6.07, 6.45) is 1.40. The topological polar surface area (TPSA) is 17.1 Å². The van der Waals surface area contributed by atoms with Crippen molar-refractivity contribution in [2.75, 3.05) is 0 Å². The van der Waals surface area contributed by atoms with E-state index < -0.39 is 0 Å². The molecule has 0 saturated carbocycles. The zero-order valence-corrected chi connectivity index (χ0v) is 9.34. The van der Waals surface area contributed by atoms with E-state index in [1.54, 1.807) is 0 Å². The predicted molar refractivity (Wildman–Crippen MR) is 59.6 cm³/mol. The molecule has 1 aromatic carbocycles. The molecule has 0 aliphatic heterocycles. The Morgan fingerprint density at radius 3 is 2.79 bits per heavy atom. The van der Waals surface area contributed by atoms with Crippen LogP contribution < -0.4 is 0 Å². The number of ketones is 1. The SMILES string of the molecule is CCC(=O)C(C)Cc1cccc(Cl)c1. The van der Waals surface area contributed by atoms with Crippen LogP contribution in [0, 0.1) is 5.92 Å². The number of benzene rings is 1. The number of hydrogen-bond acceptors (Lipinski definition) is 1. The molecule has 0 bridgehead atoms. The smallest absolute Gasteiger partial charge is 0.135 e. The molecule has 0 fully saturated rings. The molecule has 2 heteroatoms. The van der Waals surface area contributed by atoms with Gasteiger partial charge in [0.1, 0.15) is 5.78 Å². The van der Waals surface area contributed by atoms with Crippen molar-refractivity contribution in [1.82, 2.24) is 0 Å². The minimum atomic E-state index is 0.0958. The molecule has 0 aromatic heterocycles. The fourth-order valence-electron chi connectivity index (χ4n) is 1.48. The lowest BCUT2D eigenvalue weighted by Crippen LogP contribution is -2.12. The summed E-state index contributed by atoms with van der Waals surface area (Å²) >= 11 is 5.86. The molecule has 14 heavy (non-hydrogen) atoms. The number of carbonyl (C=O) groups is 1. The van der Waals surface area contributed by atoms with E-state index in [2.05, 4.69) is 0 Å². The Hall–Kier alpha value is -0.820. The van der Waals surface area contributed by atoms with Crippen LogP contribution >= 0.6 is 11.6 Å². The maximum atomic E-state index is 11.4. The monoisotopic (exact) mass is 210 g/mol. The lowest BCUT2D eigenvalue weighted by Gasteiger charge is -2.08. The van der Waals surface area contributed by atoms with Gasteiger partial charge in [-0.1, -0.05) is 37.6 Å². The molecule has 0 heterocycles. The van der Waals surface area contributed by atoms with Gasteiger partial charge in [-0.3, -0.25) is 4.79 Å². The summed E-state index contributed by atoms with van der Waals surface area (Å²) in [5.74, 6) is 0.406. The Morgan fingerprint density at radius 1 is 1.50 bits per heavy atom. The van der Waals surface area contributed by atoms with Crippen molar-refractivity contribution in [3.05, 3.63) is 34.9 Å². The predicted octanol–water partition coefficient (Wildman–Crippen LogP) is 3.50. The van der Waals surface area contributed by atoms with Gasteiger partial charge in [-0.15, -0.1) is 0 Å². The third kappa shape index (κ3) is 3.15. The van der Waals surface area contributed by atoms with Crippen molar-refractivity contribution < 1.29 is 4.79 Å². The second-order valence-electron chi connectivity index (χ2n) is 3.55. The van der Waals surface area contributed by atoms with Gasteiger partial charge >= 0.3 is 0 Å². The van der Waals surface area contributed by atoms with E-state index in [0.717, 1.165) is 17.0 Å². The average Bonchev–Trinajstić information content (AvgIpc) is 2.16. The lowest BCUT2D eigenvalue weighted by molar-refractivity contribution is -0.122. The van der Waals surface area contributed by atoms with Gasteiger partial charge in [0.25, 0.3) is 0 Å². The van der Waals surface area contributed by atoms with Crippen LogP contribution in [-0.4, -0.2) is 5.78 Å². The van der Waals surface area contributed by atoms with Gasteiger partial charge in [-0.2, -0.15) is 0 Å². The van der Waals surface area contributed by atoms with E-state index in [0.29, 0.717) is 12.2 Å². The largest absolute Gasteiger partial charge is 0.299 e. The molecule has 1 rings (SSSR count). The van der Waals surface area contributed by atoms with Crippen molar-refractivity contribution in [1.29, 1.82) is 0 Å². The fraction of sp³-hybridized carbons (Fsp3) is 0.417. The molecule has 0 amide bonds. The molecule has 1 atom stereocenters. The van der Waals surface area contributed by atoms with Gasteiger partial charge in [-0.05, 0) is 24.1 Å². The van der Waals surface area contributed by atoms with Crippen molar-refractivity contribution >= 4 is 17.4 Å². The Bertz CT molecular complexity index is 320. The first kappa shape index (κ1) is 11.3. The van der Waals surface area contributed by atoms with Gasteiger partial charge in [0.05, 0.1) is 0 Å². The highest BCUT2D eigenvalue weighted by Gasteiger charge is 2.11. The summed E-state index contributed by atoms with van der Waals surface area (Å²) in [4.78, 5) is 11.4.